The Morgan fingerprint density at radius 2 is 1.95 bits per heavy atom. The molecule has 0 unspecified atom stereocenters. The summed E-state index contributed by atoms with van der Waals surface area (Å²) in [5, 5.41) is 3.63. The molecule has 0 aliphatic heterocycles. The highest BCUT2D eigenvalue weighted by molar-refractivity contribution is 5.42. The molecule has 1 aliphatic carbocycles. The van der Waals surface area contributed by atoms with Crippen LogP contribution in [0.5, 0.6) is 11.5 Å². The molecule has 1 saturated carbocycles. The summed E-state index contributed by atoms with van der Waals surface area (Å²) >= 11 is 0. The molecule has 1 fully saturated rings. The first-order chi connectivity index (χ1) is 10.2. The second kappa shape index (κ2) is 8.28. The van der Waals surface area contributed by atoms with Gasteiger partial charge < -0.3 is 14.8 Å². The number of benzene rings is 1. The highest BCUT2D eigenvalue weighted by atomic mass is 16.5. The quantitative estimate of drug-likeness (QED) is 0.780. The zero-order valence-corrected chi connectivity index (χ0v) is 13.7. The van der Waals surface area contributed by atoms with Crippen LogP contribution in [0.15, 0.2) is 18.2 Å². The van der Waals surface area contributed by atoms with Gasteiger partial charge in [0.25, 0.3) is 0 Å². The van der Waals surface area contributed by atoms with Crippen molar-refractivity contribution in [2.45, 2.75) is 58.5 Å². The van der Waals surface area contributed by atoms with Gasteiger partial charge in [0, 0.05) is 12.6 Å². The summed E-state index contributed by atoms with van der Waals surface area (Å²) in [4.78, 5) is 0. The lowest BCUT2D eigenvalue weighted by molar-refractivity contribution is 0.273. The molecule has 3 nitrogen and oxygen atoms in total. The Morgan fingerprint density at radius 3 is 2.62 bits per heavy atom. The Morgan fingerprint density at radius 1 is 1.19 bits per heavy atom. The molecule has 0 amide bonds. The van der Waals surface area contributed by atoms with Crippen LogP contribution in [0.1, 0.15) is 51.5 Å². The minimum absolute atomic E-state index is 0.658. The van der Waals surface area contributed by atoms with Gasteiger partial charge in [-0.3, -0.25) is 0 Å². The van der Waals surface area contributed by atoms with Gasteiger partial charge in [-0.15, -0.1) is 0 Å². The molecule has 0 heterocycles. The van der Waals surface area contributed by atoms with Crippen LogP contribution in [-0.4, -0.2) is 19.8 Å². The molecule has 118 valence electrons. The van der Waals surface area contributed by atoms with E-state index in [0.29, 0.717) is 12.0 Å². The lowest BCUT2D eigenvalue weighted by Crippen LogP contribution is -2.25. The van der Waals surface area contributed by atoms with Gasteiger partial charge in [0.05, 0.1) is 13.7 Å². The van der Waals surface area contributed by atoms with Gasteiger partial charge in [0.2, 0.25) is 0 Å². The molecule has 1 aromatic rings. The van der Waals surface area contributed by atoms with Gasteiger partial charge >= 0.3 is 0 Å². The number of hydrogen-bond acceptors (Lipinski definition) is 3. The molecule has 0 atom stereocenters. The van der Waals surface area contributed by atoms with Crippen LogP contribution in [0.25, 0.3) is 0 Å². The highest BCUT2D eigenvalue weighted by Gasteiger charge is 2.14. The number of ether oxygens (including phenoxy) is 2. The summed E-state index contributed by atoms with van der Waals surface area (Å²) in [5.74, 6) is 2.35. The predicted octanol–water partition coefficient (Wildman–Crippen LogP) is 4.15. The molecule has 1 aliphatic rings. The van der Waals surface area contributed by atoms with Crippen LogP contribution >= 0.6 is 0 Å². The first kappa shape index (κ1) is 16.2. The number of hydrogen-bond donors (Lipinski definition) is 1. The monoisotopic (exact) mass is 291 g/mol. The molecule has 0 spiro atoms. The summed E-state index contributed by atoms with van der Waals surface area (Å²) in [6.45, 7) is 6.07. The topological polar surface area (TPSA) is 30.5 Å². The molecule has 2 rings (SSSR count). The second-order valence-corrected chi connectivity index (χ2v) is 6.38. The maximum Gasteiger partial charge on any atom is 0.161 e. The zero-order chi connectivity index (χ0) is 15.1. The van der Waals surface area contributed by atoms with Crippen molar-refractivity contribution in [2.24, 2.45) is 5.92 Å². The van der Waals surface area contributed by atoms with Crippen molar-refractivity contribution >= 4 is 0 Å². The Kier molecular flexibility index (Phi) is 6.37. The summed E-state index contributed by atoms with van der Waals surface area (Å²) in [6.07, 6.45) is 6.42. The first-order valence-corrected chi connectivity index (χ1v) is 8.22. The van der Waals surface area contributed by atoms with Crippen molar-refractivity contribution in [3.05, 3.63) is 23.8 Å². The second-order valence-electron chi connectivity index (χ2n) is 6.38. The van der Waals surface area contributed by atoms with E-state index in [9.17, 15) is 0 Å². The van der Waals surface area contributed by atoms with E-state index in [-0.39, 0.29) is 0 Å². The van der Waals surface area contributed by atoms with E-state index >= 15 is 0 Å². The average molecular weight is 291 g/mol. The minimum atomic E-state index is 0.658. The summed E-state index contributed by atoms with van der Waals surface area (Å²) in [6, 6.07) is 6.95. The van der Waals surface area contributed by atoms with E-state index in [0.717, 1.165) is 31.1 Å². The SMILES string of the molecule is COc1cc(CNC2CCCC2)ccc1OCCC(C)C. The largest absolute Gasteiger partial charge is 0.493 e. The molecule has 1 N–H and O–H groups in total. The Hall–Kier alpha value is -1.22. The Balaban J connectivity index is 1.88. The van der Waals surface area contributed by atoms with Crippen molar-refractivity contribution in [1.29, 1.82) is 0 Å². The third-order valence-corrected chi connectivity index (χ3v) is 4.13. The lowest BCUT2D eigenvalue weighted by Gasteiger charge is -2.15. The standard InChI is InChI=1S/C18H29NO2/c1-14(2)10-11-21-17-9-8-15(12-18(17)20-3)13-19-16-6-4-5-7-16/h8-9,12,14,16,19H,4-7,10-11,13H2,1-3H3. The highest BCUT2D eigenvalue weighted by Crippen LogP contribution is 2.28. The van der Waals surface area contributed by atoms with E-state index < -0.39 is 0 Å². The van der Waals surface area contributed by atoms with Crippen molar-refractivity contribution < 1.29 is 9.47 Å². The van der Waals surface area contributed by atoms with Crippen molar-refractivity contribution in [3.63, 3.8) is 0 Å². The lowest BCUT2D eigenvalue weighted by atomic mass is 10.1. The van der Waals surface area contributed by atoms with Crippen LogP contribution in [0.4, 0.5) is 0 Å². The zero-order valence-electron chi connectivity index (χ0n) is 13.7. The van der Waals surface area contributed by atoms with Gasteiger partial charge in [0.15, 0.2) is 11.5 Å². The van der Waals surface area contributed by atoms with Crippen molar-refractivity contribution in [1.82, 2.24) is 5.32 Å². The fourth-order valence-corrected chi connectivity index (χ4v) is 2.74. The van der Waals surface area contributed by atoms with E-state index in [1.165, 1.54) is 31.2 Å². The Labute approximate surface area is 129 Å². The summed E-state index contributed by atoms with van der Waals surface area (Å²) < 4.78 is 11.3. The molecular formula is C18H29NO2. The van der Waals surface area contributed by atoms with Gasteiger partial charge in [-0.25, -0.2) is 0 Å². The molecule has 0 radical (unpaired) electrons. The van der Waals surface area contributed by atoms with E-state index in [2.05, 4.69) is 31.3 Å². The van der Waals surface area contributed by atoms with Crippen LogP contribution in [0, 0.1) is 5.92 Å². The molecule has 1 aromatic carbocycles. The summed E-state index contributed by atoms with van der Waals surface area (Å²) in [7, 11) is 1.71. The van der Waals surface area contributed by atoms with Crippen molar-refractivity contribution in [3.8, 4) is 11.5 Å². The van der Waals surface area contributed by atoms with E-state index in [1.54, 1.807) is 7.11 Å². The first-order valence-electron chi connectivity index (χ1n) is 8.22. The Bertz CT molecular complexity index is 425. The normalized spacial score (nSPS) is 15.6. The van der Waals surface area contributed by atoms with E-state index in [4.69, 9.17) is 9.47 Å². The average Bonchev–Trinajstić information content (AvgIpc) is 2.99. The minimum Gasteiger partial charge on any atom is -0.493 e. The number of rotatable bonds is 8. The fourth-order valence-electron chi connectivity index (χ4n) is 2.74. The number of nitrogens with one attached hydrogen (secondary N) is 1. The van der Waals surface area contributed by atoms with Crippen LogP contribution in [-0.2, 0) is 6.54 Å². The van der Waals surface area contributed by atoms with Gasteiger partial charge in [-0.1, -0.05) is 32.8 Å². The summed E-state index contributed by atoms with van der Waals surface area (Å²) in [5.41, 5.74) is 1.26. The van der Waals surface area contributed by atoms with Crippen LogP contribution in [0.2, 0.25) is 0 Å². The maximum absolute atomic E-state index is 5.83. The number of methoxy groups -OCH3 is 1. The molecule has 0 aromatic heterocycles. The maximum atomic E-state index is 5.83. The molecule has 3 heteroatoms. The van der Waals surface area contributed by atoms with Crippen LogP contribution < -0.4 is 14.8 Å². The molecular weight excluding hydrogens is 262 g/mol. The molecule has 0 bridgehead atoms. The van der Waals surface area contributed by atoms with Gasteiger partial charge in [0.1, 0.15) is 0 Å². The van der Waals surface area contributed by atoms with Crippen molar-refractivity contribution in [2.75, 3.05) is 13.7 Å². The third kappa shape index (κ3) is 5.24. The fraction of sp³-hybridized carbons (Fsp3) is 0.667. The van der Waals surface area contributed by atoms with Gasteiger partial charge in [-0.2, -0.15) is 0 Å². The van der Waals surface area contributed by atoms with Crippen LogP contribution in [0.3, 0.4) is 0 Å². The third-order valence-electron chi connectivity index (χ3n) is 4.13. The smallest absolute Gasteiger partial charge is 0.161 e. The predicted molar refractivity (Wildman–Crippen MR) is 87.0 cm³/mol. The molecule has 21 heavy (non-hydrogen) atoms. The van der Waals surface area contributed by atoms with Gasteiger partial charge in [-0.05, 0) is 42.9 Å². The van der Waals surface area contributed by atoms with E-state index in [1.807, 2.05) is 6.07 Å². The molecule has 0 saturated heterocycles.